The van der Waals surface area contributed by atoms with Gasteiger partial charge >= 0.3 is 0 Å². The summed E-state index contributed by atoms with van der Waals surface area (Å²) < 4.78 is 0. The zero-order chi connectivity index (χ0) is 19.2. The predicted molar refractivity (Wildman–Crippen MR) is 114 cm³/mol. The predicted octanol–water partition coefficient (Wildman–Crippen LogP) is 4.09. The van der Waals surface area contributed by atoms with Crippen molar-refractivity contribution in [3.8, 4) is 0 Å². The van der Waals surface area contributed by atoms with Gasteiger partial charge in [0.25, 0.3) is 0 Å². The van der Waals surface area contributed by atoms with Crippen molar-refractivity contribution in [2.24, 2.45) is 5.92 Å². The first kappa shape index (κ1) is 19.0. The van der Waals surface area contributed by atoms with Gasteiger partial charge in [0.15, 0.2) is 5.17 Å². The molecule has 5 N–H and O–H groups in total. The fourth-order valence-electron chi connectivity index (χ4n) is 3.12. The van der Waals surface area contributed by atoms with Crippen LogP contribution in [0.15, 0.2) is 30.6 Å². The van der Waals surface area contributed by atoms with Crippen LogP contribution < -0.4 is 10.6 Å². The molecule has 1 aliphatic rings. The van der Waals surface area contributed by atoms with E-state index in [2.05, 4.69) is 20.6 Å². The van der Waals surface area contributed by atoms with Crippen LogP contribution in [0.3, 0.4) is 0 Å². The summed E-state index contributed by atoms with van der Waals surface area (Å²) in [5.74, 6) is 0.846. The molecule has 3 rings (SSSR count). The van der Waals surface area contributed by atoms with E-state index in [-0.39, 0.29) is 5.17 Å². The Labute approximate surface area is 162 Å². The summed E-state index contributed by atoms with van der Waals surface area (Å²) >= 11 is 1.17. The van der Waals surface area contributed by atoms with Gasteiger partial charge in [-0.05, 0) is 42.8 Å². The molecule has 2 heterocycles. The molecule has 0 aliphatic heterocycles. The average molecular weight is 382 g/mol. The molecule has 0 atom stereocenters. The van der Waals surface area contributed by atoms with Crippen LogP contribution in [0.4, 0.5) is 5.82 Å². The molecular weight excluding hydrogens is 358 g/mol. The number of hydrogen-bond acceptors (Lipinski definition) is 7. The molecule has 0 radical (unpaired) electrons. The first-order valence-corrected chi connectivity index (χ1v) is 9.69. The maximum absolute atomic E-state index is 8.17. The summed E-state index contributed by atoms with van der Waals surface area (Å²) in [5, 5.41) is 30.5. The van der Waals surface area contributed by atoms with Crippen molar-refractivity contribution >= 4 is 50.6 Å². The largest absolute Gasteiger partial charge is 0.393 e. The van der Waals surface area contributed by atoms with Gasteiger partial charge in [-0.1, -0.05) is 12.8 Å². The smallest absolute Gasteiger partial charge is 0.165 e. The number of thioether (sulfide) groups is 1. The molecule has 2 aromatic heterocycles. The average Bonchev–Trinajstić information content (AvgIpc) is 3.20. The van der Waals surface area contributed by atoms with Gasteiger partial charge < -0.3 is 16.0 Å². The van der Waals surface area contributed by atoms with Crippen LogP contribution in [0.1, 0.15) is 31.2 Å². The Hall–Kier alpha value is -2.74. The summed E-state index contributed by atoms with van der Waals surface area (Å²) in [6.07, 6.45) is 9.17. The fraction of sp³-hybridized carbons (Fsp3) is 0.316. The van der Waals surface area contributed by atoms with E-state index in [4.69, 9.17) is 16.2 Å². The fourth-order valence-corrected chi connectivity index (χ4v) is 3.90. The van der Waals surface area contributed by atoms with Crippen LogP contribution in [-0.2, 0) is 0 Å². The summed E-state index contributed by atoms with van der Waals surface area (Å²) in [7, 11) is 1.78. The lowest BCUT2D eigenvalue weighted by atomic mass is 10.1. The standard InChI is InChI=1S/C19H23N7S/c1-23-10-14(9-20)13-8-16-15(24-11-13)6-7-17(25-16)26-19(22)27-18(21)12-4-2-3-5-12/h6-12,20-21,23H,2-5H2,1H3,(H2,22,25,26)/b14-10+,20-9?,21-18?. The number of pyridine rings is 2. The quantitative estimate of drug-likeness (QED) is 0.394. The normalized spacial score (nSPS) is 14.9. The first-order chi connectivity index (χ1) is 13.1. The molecule has 7 nitrogen and oxygen atoms in total. The summed E-state index contributed by atoms with van der Waals surface area (Å²) in [4.78, 5) is 8.93. The van der Waals surface area contributed by atoms with Gasteiger partial charge in [-0.25, -0.2) is 4.98 Å². The van der Waals surface area contributed by atoms with Crippen molar-refractivity contribution in [3.05, 3.63) is 36.2 Å². The van der Waals surface area contributed by atoms with Gasteiger partial charge in [-0.15, -0.1) is 0 Å². The molecule has 0 aromatic carbocycles. The Kier molecular flexibility index (Phi) is 6.18. The van der Waals surface area contributed by atoms with Crippen molar-refractivity contribution in [3.63, 3.8) is 0 Å². The van der Waals surface area contributed by atoms with E-state index < -0.39 is 0 Å². The van der Waals surface area contributed by atoms with Crippen molar-refractivity contribution in [1.82, 2.24) is 15.3 Å². The minimum Gasteiger partial charge on any atom is -0.393 e. The second-order valence-corrected chi connectivity index (χ2v) is 7.45. The van der Waals surface area contributed by atoms with E-state index in [0.29, 0.717) is 27.9 Å². The van der Waals surface area contributed by atoms with E-state index >= 15 is 0 Å². The molecule has 0 saturated heterocycles. The lowest BCUT2D eigenvalue weighted by Gasteiger charge is -2.12. The SMILES string of the molecule is CN/C=C(\C=N)c1cnc2ccc(NC(=N)SC(=N)C3CCCC3)nc2c1. The summed E-state index contributed by atoms with van der Waals surface area (Å²) in [6, 6.07) is 5.50. The van der Waals surface area contributed by atoms with E-state index in [0.717, 1.165) is 23.9 Å². The highest BCUT2D eigenvalue weighted by Gasteiger charge is 2.21. The third kappa shape index (κ3) is 4.71. The Bertz CT molecular complexity index is 900. The van der Waals surface area contributed by atoms with Gasteiger partial charge in [0.1, 0.15) is 5.82 Å². The molecule has 27 heavy (non-hydrogen) atoms. The van der Waals surface area contributed by atoms with Gasteiger partial charge in [-0.3, -0.25) is 15.8 Å². The number of allylic oxidation sites excluding steroid dienone is 1. The van der Waals surface area contributed by atoms with Gasteiger partial charge in [0.2, 0.25) is 0 Å². The highest BCUT2D eigenvalue weighted by molar-refractivity contribution is 8.26. The third-order valence-electron chi connectivity index (χ3n) is 4.51. The molecule has 1 fully saturated rings. The number of nitrogens with zero attached hydrogens (tertiary/aromatic N) is 2. The summed E-state index contributed by atoms with van der Waals surface area (Å²) in [6.45, 7) is 0. The van der Waals surface area contributed by atoms with Crippen LogP contribution in [-0.4, -0.2) is 33.4 Å². The molecule has 1 aliphatic carbocycles. The molecule has 1 saturated carbocycles. The molecule has 0 unspecified atom stereocenters. The first-order valence-electron chi connectivity index (χ1n) is 8.87. The van der Waals surface area contributed by atoms with E-state index in [1.807, 2.05) is 12.1 Å². The number of anilines is 1. The second-order valence-electron chi connectivity index (χ2n) is 6.39. The molecule has 2 aromatic rings. The Balaban J connectivity index is 1.74. The topological polar surface area (TPSA) is 121 Å². The number of nitrogens with one attached hydrogen (secondary N) is 5. The lowest BCUT2D eigenvalue weighted by Crippen LogP contribution is -2.14. The van der Waals surface area contributed by atoms with Crippen LogP contribution in [0, 0.1) is 22.1 Å². The van der Waals surface area contributed by atoms with E-state index in [9.17, 15) is 0 Å². The second kappa shape index (κ2) is 8.77. The summed E-state index contributed by atoms with van der Waals surface area (Å²) in [5.41, 5.74) is 2.94. The lowest BCUT2D eigenvalue weighted by molar-refractivity contribution is 0.736. The van der Waals surface area contributed by atoms with Crippen molar-refractivity contribution in [2.45, 2.75) is 25.7 Å². The number of hydrogen-bond donors (Lipinski definition) is 5. The monoisotopic (exact) mass is 381 g/mol. The Morgan fingerprint density at radius 2 is 2.00 bits per heavy atom. The van der Waals surface area contributed by atoms with Crippen LogP contribution in [0.25, 0.3) is 16.6 Å². The number of rotatable bonds is 5. The van der Waals surface area contributed by atoms with Gasteiger partial charge in [0.05, 0.1) is 16.1 Å². The van der Waals surface area contributed by atoms with Gasteiger partial charge in [0, 0.05) is 42.7 Å². The van der Waals surface area contributed by atoms with Crippen molar-refractivity contribution < 1.29 is 0 Å². The Morgan fingerprint density at radius 3 is 2.70 bits per heavy atom. The maximum Gasteiger partial charge on any atom is 0.165 e. The molecule has 8 heteroatoms. The highest BCUT2D eigenvalue weighted by Crippen LogP contribution is 2.30. The Morgan fingerprint density at radius 1 is 1.22 bits per heavy atom. The number of fused-ring (bicyclic) bond motifs is 1. The van der Waals surface area contributed by atoms with Crippen LogP contribution in [0.5, 0.6) is 0 Å². The zero-order valence-electron chi connectivity index (χ0n) is 15.2. The minimum atomic E-state index is 0.207. The van der Waals surface area contributed by atoms with Gasteiger partial charge in [-0.2, -0.15) is 0 Å². The molecule has 140 valence electrons. The molecule has 0 bridgehead atoms. The van der Waals surface area contributed by atoms with E-state index in [1.54, 1.807) is 25.5 Å². The van der Waals surface area contributed by atoms with E-state index in [1.165, 1.54) is 30.8 Å². The van der Waals surface area contributed by atoms with Crippen LogP contribution in [0.2, 0.25) is 0 Å². The molecular formula is C19H23N7S. The molecule has 0 amide bonds. The minimum absolute atomic E-state index is 0.207. The zero-order valence-corrected chi connectivity index (χ0v) is 16.0. The number of aromatic nitrogens is 2. The molecule has 0 spiro atoms. The maximum atomic E-state index is 8.17. The van der Waals surface area contributed by atoms with Crippen LogP contribution >= 0.6 is 11.8 Å². The van der Waals surface area contributed by atoms with Crippen molar-refractivity contribution in [2.75, 3.05) is 12.4 Å². The van der Waals surface area contributed by atoms with Crippen molar-refractivity contribution in [1.29, 1.82) is 16.2 Å². The number of amidine groups is 1. The highest BCUT2D eigenvalue weighted by atomic mass is 32.2. The third-order valence-corrected chi connectivity index (χ3v) is 5.37.